The maximum Gasteiger partial charge on any atom is 0.251 e. The van der Waals surface area contributed by atoms with Gasteiger partial charge in [0.2, 0.25) is 0 Å². The third kappa shape index (κ3) is 1.62. The molecule has 0 aromatic heterocycles. The molecule has 0 amide bonds. The first kappa shape index (κ1) is 9.86. The quantitative estimate of drug-likeness (QED) is 0.467. The second kappa shape index (κ2) is 3.82. The van der Waals surface area contributed by atoms with Crippen LogP contribution in [0.25, 0.3) is 0 Å². The SMILES string of the molecule is O=[N+]([O-])C1CNC2CCCCC2C1O. The van der Waals surface area contributed by atoms with Crippen molar-refractivity contribution >= 4 is 0 Å². The first-order chi connectivity index (χ1) is 6.70. The summed E-state index contributed by atoms with van der Waals surface area (Å²) in [5.74, 6) is 0.0906. The third-order valence-electron chi connectivity index (χ3n) is 3.51. The molecule has 5 nitrogen and oxygen atoms in total. The zero-order valence-corrected chi connectivity index (χ0v) is 8.06. The van der Waals surface area contributed by atoms with Crippen LogP contribution in [-0.2, 0) is 0 Å². The Hall–Kier alpha value is -0.680. The van der Waals surface area contributed by atoms with Crippen molar-refractivity contribution in [2.75, 3.05) is 6.54 Å². The molecule has 2 aliphatic rings. The molecule has 14 heavy (non-hydrogen) atoms. The zero-order valence-electron chi connectivity index (χ0n) is 8.06. The van der Waals surface area contributed by atoms with Crippen molar-refractivity contribution in [3.63, 3.8) is 0 Å². The number of aliphatic hydroxyl groups is 1. The molecule has 2 rings (SSSR count). The number of piperidine rings is 1. The van der Waals surface area contributed by atoms with E-state index in [-0.39, 0.29) is 10.8 Å². The average Bonchev–Trinajstić information content (AvgIpc) is 2.18. The normalized spacial score (nSPS) is 42.9. The number of nitrogens with one attached hydrogen (secondary N) is 1. The van der Waals surface area contributed by atoms with Gasteiger partial charge in [-0.2, -0.15) is 0 Å². The predicted molar refractivity (Wildman–Crippen MR) is 50.5 cm³/mol. The summed E-state index contributed by atoms with van der Waals surface area (Å²) in [7, 11) is 0. The largest absolute Gasteiger partial charge is 0.386 e. The predicted octanol–water partition coefficient (Wildman–Crippen LogP) is 0.155. The van der Waals surface area contributed by atoms with Gasteiger partial charge in [-0.15, -0.1) is 0 Å². The second-order valence-electron chi connectivity index (χ2n) is 4.31. The van der Waals surface area contributed by atoms with Crippen LogP contribution < -0.4 is 5.32 Å². The molecule has 1 aliphatic heterocycles. The summed E-state index contributed by atoms with van der Waals surface area (Å²) in [6, 6.07) is -0.510. The van der Waals surface area contributed by atoms with Crippen molar-refractivity contribution in [3.05, 3.63) is 10.1 Å². The van der Waals surface area contributed by atoms with Crippen LogP contribution >= 0.6 is 0 Å². The molecular weight excluding hydrogens is 184 g/mol. The van der Waals surface area contributed by atoms with Crippen LogP contribution in [0.3, 0.4) is 0 Å². The van der Waals surface area contributed by atoms with E-state index in [1.54, 1.807) is 0 Å². The van der Waals surface area contributed by atoms with E-state index < -0.39 is 12.1 Å². The Labute approximate surface area is 82.6 Å². The van der Waals surface area contributed by atoms with Crippen LogP contribution in [0.4, 0.5) is 0 Å². The summed E-state index contributed by atoms with van der Waals surface area (Å²) in [5, 5.41) is 23.7. The van der Waals surface area contributed by atoms with Gasteiger partial charge in [0, 0.05) is 16.9 Å². The highest BCUT2D eigenvalue weighted by molar-refractivity contribution is 4.94. The van der Waals surface area contributed by atoms with Gasteiger partial charge in [-0.25, -0.2) is 0 Å². The highest BCUT2D eigenvalue weighted by Crippen LogP contribution is 2.31. The lowest BCUT2D eigenvalue weighted by Gasteiger charge is -2.40. The smallest absolute Gasteiger partial charge is 0.251 e. The minimum Gasteiger partial charge on any atom is -0.386 e. The zero-order chi connectivity index (χ0) is 10.1. The molecule has 1 saturated carbocycles. The average molecular weight is 200 g/mol. The molecule has 1 heterocycles. The fourth-order valence-electron chi connectivity index (χ4n) is 2.70. The van der Waals surface area contributed by atoms with E-state index in [4.69, 9.17) is 0 Å². The molecule has 4 unspecified atom stereocenters. The van der Waals surface area contributed by atoms with Crippen molar-refractivity contribution < 1.29 is 10.0 Å². The van der Waals surface area contributed by atoms with Gasteiger partial charge < -0.3 is 10.4 Å². The maximum absolute atomic E-state index is 10.6. The van der Waals surface area contributed by atoms with E-state index >= 15 is 0 Å². The third-order valence-corrected chi connectivity index (χ3v) is 3.51. The second-order valence-corrected chi connectivity index (χ2v) is 4.31. The van der Waals surface area contributed by atoms with E-state index in [9.17, 15) is 15.2 Å². The van der Waals surface area contributed by atoms with Crippen LogP contribution in [0.2, 0.25) is 0 Å². The molecule has 4 atom stereocenters. The van der Waals surface area contributed by atoms with E-state index in [0.29, 0.717) is 12.6 Å². The van der Waals surface area contributed by atoms with Gasteiger partial charge in [-0.3, -0.25) is 10.1 Å². The fraction of sp³-hybridized carbons (Fsp3) is 1.00. The number of hydrogen-bond donors (Lipinski definition) is 2. The van der Waals surface area contributed by atoms with E-state index in [1.807, 2.05) is 0 Å². The monoisotopic (exact) mass is 200 g/mol. The van der Waals surface area contributed by atoms with Gasteiger partial charge in [0.15, 0.2) is 0 Å². The first-order valence-electron chi connectivity index (χ1n) is 5.25. The maximum atomic E-state index is 10.6. The standard InChI is InChI=1S/C9H16N2O3/c12-9-6-3-1-2-4-7(6)10-5-8(9)11(13)14/h6-10,12H,1-5H2. The molecule has 80 valence electrons. The summed E-state index contributed by atoms with van der Waals surface area (Å²) in [5.41, 5.74) is 0. The highest BCUT2D eigenvalue weighted by Gasteiger charge is 2.44. The van der Waals surface area contributed by atoms with Gasteiger partial charge in [0.25, 0.3) is 6.04 Å². The minimum atomic E-state index is -0.811. The Balaban J connectivity index is 2.06. The molecule has 0 radical (unpaired) electrons. The van der Waals surface area contributed by atoms with Crippen LogP contribution in [0.15, 0.2) is 0 Å². The van der Waals surface area contributed by atoms with Gasteiger partial charge in [0.05, 0.1) is 6.54 Å². The number of fused-ring (bicyclic) bond motifs is 1. The van der Waals surface area contributed by atoms with Crippen LogP contribution in [0.1, 0.15) is 25.7 Å². The molecule has 1 aliphatic carbocycles. The Morgan fingerprint density at radius 2 is 2.07 bits per heavy atom. The topological polar surface area (TPSA) is 75.4 Å². The van der Waals surface area contributed by atoms with E-state index in [2.05, 4.69) is 5.32 Å². The van der Waals surface area contributed by atoms with Crippen molar-refractivity contribution in [2.45, 2.75) is 43.9 Å². The lowest BCUT2D eigenvalue weighted by atomic mass is 9.76. The summed E-state index contributed by atoms with van der Waals surface area (Å²) in [6.07, 6.45) is 3.47. The number of hydrogen-bond acceptors (Lipinski definition) is 4. The summed E-state index contributed by atoms with van der Waals surface area (Å²) in [4.78, 5) is 10.3. The van der Waals surface area contributed by atoms with Crippen molar-refractivity contribution in [3.8, 4) is 0 Å². The molecule has 2 N–H and O–H groups in total. The minimum absolute atomic E-state index is 0.0906. The van der Waals surface area contributed by atoms with Crippen LogP contribution in [0.5, 0.6) is 0 Å². The fourth-order valence-corrected chi connectivity index (χ4v) is 2.70. The molecule has 0 aromatic rings. The number of nitro groups is 1. The van der Waals surface area contributed by atoms with Crippen LogP contribution in [0, 0.1) is 16.0 Å². The molecule has 0 spiro atoms. The Morgan fingerprint density at radius 1 is 1.36 bits per heavy atom. The van der Waals surface area contributed by atoms with Crippen LogP contribution in [-0.4, -0.2) is 34.8 Å². The molecule has 5 heteroatoms. The Morgan fingerprint density at radius 3 is 2.79 bits per heavy atom. The summed E-state index contributed by atoms with van der Waals surface area (Å²) in [6.45, 7) is 0.315. The summed E-state index contributed by atoms with van der Waals surface area (Å²) >= 11 is 0. The lowest BCUT2D eigenvalue weighted by molar-refractivity contribution is -0.537. The van der Waals surface area contributed by atoms with Crippen molar-refractivity contribution in [2.24, 2.45) is 5.92 Å². The van der Waals surface area contributed by atoms with Gasteiger partial charge in [-0.05, 0) is 12.8 Å². The highest BCUT2D eigenvalue weighted by atomic mass is 16.6. The molecular formula is C9H16N2O3. The molecule has 0 aromatic carbocycles. The first-order valence-corrected chi connectivity index (χ1v) is 5.25. The molecule has 1 saturated heterocycles. The van der Waals surface area contributed by atoms with E-state index in [1.165, 1.54) is 6.42 Å². The molecule has 2 fully saturated rings. The summed E-state index contributed by atoms with van der Waals surface area (Å²) < 4.78 is 0. The van der Waals surface area contributed by atoms with Gasteiger partial charge >= 0.3 is 0 Å². The van der Waals surface area contributed by atoms with Gasteiger partial charge in [0.1, 0.15) is 6.10 Å². The number of nitrogens with zero attached hydrogens (tertiary/aromatic N) is 1. The lowest BCUT2D eigenvalue weighted by Crippen LogP contribution is -2.59. The number of aliphatic hydroxyl groups excluding tert-OH is 1. The van der Waals surface area contributed by atoms with Crippen molar-refractivity contribution in [1.82, 2.24) is 5.32 Å². The number of rotatable bonds is 1. The molecule has 0 bridgehead atoms. The van der Waals surface area contributed by atoms with Crippen molar-refractivity contribution in [1.29, 1.82) is 0 Å². The Bertz CT molecular complexity index is 234. The van der Waals surface area contributed by atoms with Gasteiger partial charge in [-0.1, -0.05) is 12.8 Å². The Kier molecular flexibility index (Phi) is 2.69. The van der Waals surface area contributed by atoms with E-state index in [0.717, 1.165) is 19.3 Å².